The van der Waals surface area contributed by atoms with Crippen LogP contribution in [0.25, 0.3) is 0 Å². The minimum absolute atomic E-state index is 0.432. The number of aliphatic hydroxyl groups is 1. The molecule has 0 spiro atoms. The third kappa shape index (κ3) is 2.89. The maximum atomic E-state index is 10.8. The molecule has 0 aromatic carbocycles. The Kier molecular flexibility index (Phi) is 3.62. The Hall–Kier alpha value is -0.540. The van der Waals surface area contributed by atoms with E-state index < -0.39 is 5.60 Å². The van der Waals surface area contributed by atoms with E-state index in [4.69, 9.17) is 0 Å². The lowest BCUT2D eigenvalue weighted by Gasteiger charge is -2.44. The monoisotopic (exact) mass is 263 g/mol. The van der Waals surface area contributed by atoms with Crippen molar-refractivity contribution in [1.29, 1.82) is 0 Å². The highest BCUT2D eigenvalue weighted by Crippen LogP contribution is 2.46. The molecule has 3 heteroatoms. The van der Waals surface area contributed by atoms with Gasteiger partial charge in [-0.2, -0.15) is 11.8 Å². The van der Waals surface area contributed by atoms with E-state index in [0.717, 1.165) is 31.4 Å². The molecular formula is C15H21NOS. The third-order valence-electron chi connectivity index (χ3n) is 4.23. The van der Waals surface area contributed by atoms with Crippen LogP contribution in [0.5, 0.6) is 0 Å². The molecule has 1 aromatic heterocycles. The molecular weight excluding hydrogens is 242 g/mol. The van der Waals surface area contributed by atoms with E-state index in [2.05, 4.69) is 22.8 Å². The van der Waals surface area contributed by atoms with Crippen LogP contribution in [-0.4, -0.2) is 26.2 Å². The molecule has 0 amide bonds. The summed E-state index contributed by atoms with van der Waals surface area (Å²) in [5, 5.41) is 12.2. The molecule has 2 nitrogen and oxygen atoms in total. The SMILES string of the molecule is OC1(CCc2ccccn2)CC2CCCC(C1)S2. The van der Waals surface area contributed by atoms with Crippen molar-refractivity contribution in [3.63, 3.8) is 0 Å². The lowest BCUT2D eigenvalue weighted by molar-refractivity contribution is 0.00469. The van der Waals surface area contributed by atoms with Crippen molar-refractivity contribution in [2.75, 3.05) is 0 Å². The van der Waals surface area contributed by atoms with Crippen molar-refractivity contribution in [3.8, 4) is 0 Å². The number of aromatic nitrogens is 1. The molecule has 18 heavy (non-hydrogen) atoms. The Morgan fingerprint density at radius 3 is 2.72 bits per heavy atom. The normalized spacial score (nSPS) is 35.4. The van der Waals surface area contributed by atoms with Crippen LogP contribution in [0.3, 0.4) is 0 Å². The number of aryl methyl sites for hydroxylation is 1. The molecule has 3 heterocycles. The third-order valence-corrected chi connectivity index (χ3v) is 5.80. The van der Waals surface area contributed by atoms with E-state index in [1.54, 1.807) is 0 Å². The molecule has 3 rings (SSSR count). The Balaban J connectivity index is 1.61. The van der Waals surface area contributed by atoms with Gasteiger partial charge in [-0.15, -0.1) is 0 Å². The first-order valence-corrected chi connectivity index (χ1v) is 7.96. The lowest BCUT2D eigenvalue weighted by Crippen LogP contribution is -2.43. The van der Waals surface area contributed by atoms with Crippen LogP contribution in [0.2, 0.25) is 0 Å². The van der Waals surface area contributed by atoms with Crippen LogP contribution >= 0.6 is 11.8 Å². The number of hydrogen-bond donors (Lipinski definition) is 1. The lowest BCUT2D eigenvalue weighted by atomic mass is 9.82. The average molecular weight is 263 g/mol. The highest BCUT2D eigenvalue weighted by atomic mass is 32.2. The topological polar surface area (TPSA) is 33.1 Å². The predicted molar refractivity (Wildman–Crippen MR) is 75.8 cm³/mol. The van der Waals surface area contributed by atoms with E-state index in [-0.39, 0.29) is 0 Å². The van der Waals surface area contributed by atoms with Crippen molar-refractivity contribution in [2.24, 2.45) is 0 Å². The Morgan fingerprint density at radius 2 is 2.06 bits per heavy atom. The van der Waals surface area contributed by atoms with E-state index in [1.165, 1.54) is 19.3 Å². The fourth-order valence-electron chi connectivity index (χ4n) is 3.32. The first-order valence-electron chi connectivity index (χ1n) is 7.01. The quantitative estimate of drug-likeness (QED) is 0.909. The van der Waals surface area contributed by atoms with Crippen molar-refractivity contribution in [1.82, 2.24) is 4.98 Å². The number of fused-ring (bicyclic) bond motifs is 2. The van der Waals surface area contributed by atoms with Crippen LogP contribution in [0.1, 0.15) is 44.2 Å². The van der Waals surface area contributed by atoms with Crippen LogP contribution in [0.4, 0.5) is 0 Å². The summed E-state index contributed by atoms with van der Waals surface area (Å²) in [7, 11) is 0. The maximum Gasteiger partial charge on any atom is 0.0672 e. The van der Waals surface area contributed by atoms with Crippen molar-refractivity contribution >= 4 is 11.8 Å². The van der Waals surface area contributed by atoms with Crippen LogP contribution < -0.4 is 0 Å². The molecule has 1 N–H and O–H groups in total. The van der Waals surface area contributed by atoms with Gasteiger partial charge in [0.15, 0.2) is 0 Å². The number of rotatable bonds is 3. The van der Waals surface area contributed by atoms with Gasteiger partial charge in [0.1, 0.15) is 0 Å². The zero-order valence-electron chi connectivity index (χ0n) is 10.7. The largest absolute Gasteiger partial charge is 0.390 e. The fourth-order valence-corrected chi connectivity index (χ4v) is 5.29. The first-order chi connectivity index (χ1) is 8.73. The summed E-state index contributed by atoms with van der Waals surface area (Å²) in [5.74, 6) is 0. The number of thioether (sulfide) groups is 1. The molecule has 2 unspecified atom stereocenters. The Bertz CT molecular complexity index is 383. The van der Waals surface area contributed by atoms with Gasteiger partial charge in [-0.1, -0.05) is 12.5 Å². The standard InChI is InChI=1S/C15H21NOS/c17-15(8-7-12-4-1-2-9-16-12)10-13-5-3-6-14(11-15)18-13/h1-2,4,9,13-14,17H,3,5-8,10-11H2. The van der Waals surface area contributed by atoms with Gasteiger partial charge in [-0.05, 0) is 50.7 Å². The van der Waals surface area contributed by atoms with E-state index in [9.17, 15) is 5.11 Å². The summed E-state index contributed by atoms with van der Waals surface area (Å²) in [6, 6.07) is 6.03. The molecule has 0 saturated carbocycles. The van der Waals surface area contributed by atoms with Gasteiger partial charge in [0.05, 0.1) is 5.60 Å². The summed E-state index contributed by atoms with van der Waals surface area (Å²) < 4.78 is 0. The van der Waals surface area contributed by atoms with Crippen LogP contribution in [-0.2, 0) is 6.42 Å². The molecule has 2 fully saturated rings. The number of hydrogen-bond acceptors (Lipinski definition) is 3. The van der Waals surface area contributed by atoms with Crippen LogP contribution in [0, 0.1) is 0 Å². The van der Waals surface area contributed by atoms with Gasteiger partial charge < -0.3 is 5.11 Å². The van der Waals surface area contributed by atoms with Gasteiger partial charge in [0.2, 0.25) is 0 Å². The summed E-state index contributed by atoms with van der Waals surface area (Å²) in [4.78, 5) is 4.35. The molecule has 2 bridgehead atoms. The summed E-state index contributed by atoms with van der Waals surface area (Å²) in [6.45, 7) is 0. The minimum atomic E-state index is -0.432. The highest BCUT2D eigenvalue weighted by Gasteiger charge is 2.40. The summed E-state index contributed by atoms with van der Waals surface area (Å²) >= 11 is 2.12. The van der Waals surface area contributed by atoms with E-state index >= 15 is 0 Å². The summed E-state index contributed by atoms with van der Waals surface area (Å²) in [6.07, 6.45) is 9.55. The molecule has 0 radical (unpaired) electrons. The van der Waals surface area contributed by atoms with Gasteiger partial charge in [0.25, 0.3) is 0 Å². The number of pyridine rings is 1. The van der Waals surface area contributed by atoms with Crippen molar-refractivity contribution in [3.05, 3.63) is 30.1 Å². The highest BCUT2D eigenvalue weighted by molar-refractivity contribution is 8.00. The van der Waals surface area contributed by atoms with Crippen LogP contribution in [0.15, 0.2) is 24.4 Å². The summed E-state index contributed by atoms with van der Waals surface area (Å²) in [5.41, 5.74) is 0.674. The fraction of sp³-hybridized carbons (Fsp3) is 0.667. The second-order valence-electron chi connectivity index (χ2n) is 5.76. The first kappa shape index (κ1) is 12.5. The second-order valence-corrected chi connectivity index (χ2v) is 7.37. The zero-order chi connectivity index (χ0) is 12.4. The molecule has 0 aliphatic carbocycles. The molecule has 2 aliphatic heterocycles. The van der Waals surface area contributed by atoms with E-state index in [1.807, 2.05) is 18.3 Å². The molecule has 2 atom stereocenters. The van der Waals surface area contributed by atoms with Crippen molar-refractivity contribution < 1.29 is 5.11 Å². The number of nitrogens with zero attached hydrogens (tertiary/aromatic N) is 1. The van der Waals surface area contributed by atoms with Gasteiger partial charge in [-0.25, -0.2) is 0 Å². The van der Waals surface area contributed by atoms with Gasteiger partial charge >= 0.3 is 0 Å². The van der Waals surface area contributed by atoms with Crippen molar-refractivity contribution in [2.45, 2.75) is 61.0 Å². The second kappa shape index (κ2) is 5.22. The van der Waals surface area contributed by atoms with Gasteiger partial charge in [-0.3, -0.25) is 4.98 Å². The zero-order valence-corrected chi connectivity index (χ0v) is 11.5. The molecule has 2 aliphatic rings. The van der Waals surface area contributed by atoms with E-state index in [0.29, 0.717) is 10.5 Å². The Morgan fingerprint density at radius 1 is 1.28 bits per heavy atom. The Labute approximate surface area is 113 Å². The minimum Gasteiger partial charge on any atom is -0.390 e. The maximum absolute atomic E-state index is 10.8. The molecule has 1 aromatic rings. The molecule has 98 valence electrons. The van der Waals surface area contributed by atoms with Gasteiger partial charge in [0, 0.05) is 22.4 Å². The molecule has 2 saturated heterocycles. The smallest absolute Gasteiger partial charge is 0.0672 e. The predicted octanol–water partition coefficient (Wildman–Crippen LogP) is 3.19. The average Bonchev–Trinajstić information content (AvgIpc) is 2.37.